The van der Waals surface area contributed by atoms with Crippen LogP contribution in [-0.2, 0) is 16.1 Å². The number of carbonyl (C=O) groups excluding carboxylic acids is 2. The van der Waals surface area contributed by atoms with Crippen LogP contribution in [-0.4, -0.2) is 29.6 Å². The molecule has 1 rings (SSSR count). The van der Waals surface area contributed by atoms with Crippen LogP contribution in [0.3, 0.4) is 0 Å². The third-order valence-electron chi connectivity index (χ3n) is 2.71. The number of hydrogen-bond donors (Lipinski definition) is 2. The average Bonchev–Trinajstić information content (AvgIpc) is 2.44. The molecule has 0 fully saturated rings. The highest BCUT2D eigenvalue weighted by Crippen LogP contribution is 2.07. The van der Waals surface area contributed by atoms with Gasteiger partial charge in [-0.25, -0.2) is 4.79 Å². The number of rotatable bonds is 6. The number of nitrogens with one attached hydrogen (secondary N) is 1. The first-order valence-corrected chi connectivity index (χ1v) is 6.62. The summed E-state index contributed by atoms with van der Waals surface area (Å²) < 4.78 is 5.09. The maximum absolute atomic E-state index is 11.8. The molecule has 0 bridgehead atoms. The average molecular weight is 279 g/mol. The minimum Gasteiger partial charge on any atom is -0.449 e. The van der Waals surface area contributed by atoms with Gasteiger partial charge < -0.3 is 15.2 Å². The van der Waals surface area contributed by atoms with Crippen molar-refractivity contribution in [2.24, 2.45) is 5.92 Å². The Balaban J connectivity index is 2.53. The molecule has 110 valence electrons. The Morgan fingerprint density at radius 1 is 1.20 bits per heavy atom. The topological polar surface area (TPSA) is 75.6 Å². The summed E-state index contributed by atoms with van der Waals surface area (Å²) in [5.41, 5.74) is 1.06. The van der Waals surface area contributed by atoms with Crippen molar-refractivity contribution in [1.82, 2.24) is 5.32 Å². The summed E-state index contributed by atoms with van der Waals surface area (Å²) >= 11 is 0. The molecule has 5 nitrogen and oxygen atoms in total. The van der Waals surface area contributed by atoms with Crippen LogP contribution in [0.25, 0.3) is 0 Å². The molecule has 0 aromatic heterocycles. The first-order valence-electron chi connectivity index (χ1n) is 6.62. The van der Waals surface area contributed by atoms with Crippen LogP contribution >= 0.6 is 0 Å². The molecule has 0 aliphatic heterocycles. The smallest absolute Gasteiger partial charge is 0.338 e. The van der Waals surface area contributed by atoms with Gasteiger partial charge in [0.25, 0.3) is 5.91 Å². The monoisotopic (exact) mass is 279 g/mol. The highest BCUT2D eigenvalue weighted by Gasteiger charge is 2.18. The fraction of sp³-hybridized carbons (Fsp3) is 0.467. The van der Waals surface area contributed by atoms with E-state index in [2.05, 4.69) is 5.32 Å². The van der Waals surface area contributed by atoms with Gasteiger partial charge in [0.2, 0.25) is 0 Å². The highest BCUT2D eigenvalue weighted by molar-refractivity contribution is 5.92. The van der Waals surface area contributed by atoms with Gasteiger partial charge in [-0.2, -0.15) is 0 Å². The van der Waals surface area contributed by atoms with Crippen molar-refractivity contribution >= 4 is 11.9 Å². The Morgan fingerprint density at radius 3 is 2.30 bits per heavy atom. The number of amides is 1. The van der Waals surface area contributed by atoms with Gasteiger partial charge in [0.1, 0.15) is 0 Å². The molecule has 0 heterocycles. The molecule has 2 N–H and O–H groups in total. The van der Waals surface area contributed by atoms with E-state index >= 15 is 0 Å². The Kier molecular flexibility index (Phi) is 6.18. The third kappa shape index (κ3) is 5.01. The van der Waals surface area contributed by atoms with Crippen molar-refractivity contribution in [3.05, 3.63) is 35.4 Å². The lowest BCUT2D eigenvalue weighted by Gasteiger charge is -2.14. The van der Waals surface area contributed by atoms with Crippen LogP contribution in [0, 0.1) is 5.92 Å². The molecule has 5 heteroatoms. The second-order valence-electron chi connectivity index (χ2n) is 5.04. The van der Waals surface area contributed by atoms with E-state index in [4.69, 9.17) is 9.84 Å². The van der Waals surface area contributed by atoms with E-state index in [0.29, 0.717) is 23.6 Å². The molecule has 1 amide bonds. The highest BCUT2D eigenvalue weighted by atomic mass is 16.5. The van der Waals surface area contributed by atoms with E-state index in [1.807, 2.05) is 13.8 Å². The van der Waals surface area contributed by atoms with Gasteiger partial charge in [-0.1, -0.05) is 26.0 Å². The van der Waals surface area contributed by atoms with Crippen molar-refractivity contribution in [1.29, 1.82) is 0 Å². The Hall–Kier alpha value is -1.88. The first kappa shape index (κ1) is 16.2. The molecule has 0 aliphatic rings. The van der Waals surface area contributed by atoms with Crippen molar-refractivity contribution in [3.63, 3.8) is 0 Å². The van der Waals surface area contributed by atoms with Crippen LogP contribution in [0.4, 0.5) is 0 Å². The van der Waals surface area contributed by atoms with E-state index < -0.39 is 12.1 Å². The predicted octanol–water partition coefficient (Wildman–Crippen LogP) is 1.50. The van der Waals surface area contributed by atoms with Crippen molar-refractivity contribution in [3.8, 4) is 0 Å². The molecule has 0 radical (unpaired) electrons. The number of aliphatic hydroxyl groups is 1. The molecular weight excluding hydrogens is 258 g/mol. The minimum atomic E-state index is -0.834. The van der Waals surface area contributed by atoms with Gasteiger partial charge >= 0.3 is 5.97 Å². The van der Waals surface area contributed by atoms with E-state index in [9.17, 15) is 9.59 Å². The number of benzene rings is 1. The van der Waals surface area contributed by atoms with Crippen LogP contribution in [0.5, 0.6) is 0 Å². The Morgan fingerprint density at radius 2 is 1.80 bits per heavy atom. The number of esters is 1. The van der Waals surface area contributed by atoms with Gasteiger partial charge in [-0.3, -0.25) is 4.79 Å². The summed E-state index contributed by atoms with van der Waals surface area (Å²) in [5, 5.41) is 11.6. The molecule has 0 aliphatic carbocycles. The largest absolute Gasteiger partial charge is 0.449 e. The Bertz CT molecular complexity index is 453. The van der Waals surface area contributed by atoms with Crippen molar-refractivity contribution in [2.45, 2.75) is 33.5 Å². The molecule has 1 atom stereocenters. The molecule has 20 heavy (non-hydrogen) atoms. The van der Waals surface area contributed by atoms with Gasteiger partial charge in [0.05, 0.1) is 12.2 Å². The van der Waals surface area contributed by atoms with Gasteiger partial charge in [-0.15, -0.1) is 0 Å². The number of hydrogen-bond acceptors (Lipinski definition) is 4. The van der Waals surface area contributed by atoms with Crippen molar-refractivity contribution in [2.75, 3.05) is 6.54 Å². The van der Waals surface area contributed by atoms with Crippen LogP contribution in [0.1, 0.15) is 36.7 Å². The molecule has 1 aromatic carbocycles. The van der Waals surface area contributed by atoms with Crippen LogP contribution < -0.4 is 5.32 Å². The zero-order chi connectivity index (χ0) is 15.1. The van der Waals surface area contributed by atoms with Gasteiger partial charge in [0.15, 0.2) is 6.10 Å². The number of carbonyl (C=O) groups is 2. The summed E-state index contributed by atoms with van der Waals surface area (Å²) in [6.07, 6.45) is -0.834. The standard InChI is InChI=1S/C15H21NO4/c1-10(2)8-16-14(18)11(3)20-15(19)13-6-4-12(9-17)5-7-13/h4-7,10-11,17H,8-9H2,1-3H3,(H,16,18). The summed E-state index contributed by atoms with van der Waals surface area (Å²) in [5.74, 6) is -0.520. The lowest BCUT2D eigenvalue weighted by molar-refractivity contribution is -0.129. The lowest BCUT2D eigenvalue weighted by Crippen LogP contribution is -2.37. The minimum absolute atomic E-state index is 0.0800. The van der Waals surface area contributed by atoms with E-state index in [1.165, 1.54) is 6.92 Å². The van der Waals surface area contributed by atoms with Crippen molar-refractivity contribution < 1.29 is 19.4 Å². The van der Waals surface area contributed by atoms with E-state index in [1.54, 1.807) is 24.3 Å². The third-order valence-corrected chi connectivity index (χ3v) is 2.71. The number of aliphatic hydroxyl groups excluding tert-OH is 1. The fourth-order valence-corrected chi connectivity index (χ4v) is 1.48. The molecule has 0 saturated heterocycles. The molecule has 0 spiro atoms. The summed E-state index contributed by atoms with van der Waals surface area (Å²) in [4.78, 5) is 23.5. The van der Waals surface area contributed by atoms with Gasteiger partial charge in [0, 0.05) is 6.54 Å². The fourth-order valence-electron chi connectivity index (χ4n) is 1.48. The molecule has 1 unspecified atom stereocenters. The quantitative estimate of drug-likeness (QED) is 0.774. The lowest BCUT2D eigenvalue weighted by atomic mass is 10.1. The molecule has 0 saturated carbocycles. The van der Waals surface area contributed by atoms with Crippen LogP contribution in [0.2, 0.25) is 0 Å². The maximum atomic E-state index is 11.8. The normalized spacial score (nSPS) is 12.1. The second-order valence-corrected chi connectivity index (χ2v) is 5.04. The second kappa shape index (κ2) is 7.65. The predicted molar refractivity (Wildman–Crippen MR) is 75.1 cm³/mol. The zero-order valence-corrected chi connectivity index (χ0v) is 12.1. The summed E-state index contributed by atoms with van der Waals surface area (Å²) in [6.45, 7) is 5.98. The Labute approximate surface area is 118 Å². The summed E-state index contributed by atoms with van der Waals surface area (Å²) in [7, 11) is 0. The first-order chi connectivity index (χ1) is 9.43. The molecular formula is C15H21NO4. The summed E-state index contributed by atoms with van der Waals surface area (Å²) in [6, 6.07) is 6.40. The van der Waals surface area contributed by atoms with E-state index in [0.717, 1.165) is 0 Å². The van der Waals surface area contributed by atoms with Gasteiger partial charge in [-0.05, 0) is 30.5 Å². The number of ether oxygens (including phenoxy) is 1. The maximum Gasteiger partial charge on any atom is 0.338 e. The van der Waals surface area contributed by atoms with E-state index in [-0.39, 0.29) is 12.5 Å². The zero-order valence-electron chi connectivity index (χ0n) is 12.1. The SMILES string of the molecule is CC(C)CNC(=O)C(C)OC(=O)c1ccc(CO)cc1. The van der Waals surface area contributed by atoms with Crippen LogP contribution in [0.15, 0.2) is 24.3 Å². The molecule has 1 aromatic rings.